The average Bonchev–Trinajstić information content (AvgIpc) is 2.90. The van der Waals surface area contributed by atoms with Gasteiger partial charge in [0.25, 0.3) is 5.91 Å². The molecule has 0 saturated heterocycles. The molecule has 1 atom stereocenters. The highest BCUT2D eigenvalue weighted by Gasteiger charge is 2.46. The summed E-state index contributed by atoms with van der Waals surface area (Å²) in [4.78, 5) is 17.0. The molecule has 2 aliphatic rings. The van der Waals surface area contributed by atoms with E-state index in [1.165, 1.54) is 12.0 Å². The third-order valence-electron chi connectivity index (χ3n) is 5.93. The lowest BCUT2D eigenvalue weighted by Gasteiger charge is -2.45. The van der Waals surface area contributed by atoms with Crippen LogP contribution in [0.5, 0.6) is 0 Å². The molecule has 1 aliphatic carbocycles. The zero-order chi connectivity index (χ0) is 18.3. The van der Waals surface area contributed by atoms with Crippen molar-refractivity contribution in [1.29, 1.82) is 5.26 Å². The smallest absolute Gasteiger partial charge is 0.257 e. The van der Waals surface area contributed by atoms with Crippen LogP contribution in [-0.2, 0) is 5.41 Å². The molecule has 2 aromatic rings. The minimum Gasteiger partial charge on any atom is -0.377 e. The van der Waals surface area contributed by atoms with Gasteiger partial charge in [0.1, 0.15) is 6.04 Å². The maximum Gasteiger partial charge on any atom is 0.257 e. The number of carbonyl (C=O) groups excluding carboxylic acids is 1. The van der Waals surface area contributed by atoms with Gasteiger partial charge in [0.2, 0.25) is 0 Å². The molecule has 4 heteroatoms. The van der Waals surface area contributed by atoms with Gasteiger partial charge in [0.05, 0.1) is 11.6 Å². The molecule has 0 bridgehead atoms. The summed E-state index contributed by atoms with van der Waals surface area (Å²) < 4.78 is 0. The molecule has 4 nitrogen and oxygen atoms in total. The molecule has 132 valence electrons. The summed E-state index contributed by atoms with van der Waals surface area (Å²) in [6, 6.07) is 18.1. The van der Waals surface area contributed by atoms with Crippen LogP contribution in [0.15, 0.2) is 48.5 Å². The standard InChI is InChI=1S/C22H23N3O/c1-24(2)18-11-6-10-17-19(14-23)25(21(26)20(17)18)15-22(12-7-13-22)16-8-4-3-5-9-16/h3-6,8-11,19H,7,12-13,15H2,1-2H3. The van der Waals surface area contributed by atoms with Gasteiger partial charge in [-0.1, -0.05) is 48.9 Å². The van der Waals surface area contributed by atoms with Crippen LogP contribution in [0, 0.1) is 11.3 Å². The van der Waals surface area contributed by atoms with Gasteiger partial charge >= 0.3 is 0 Å². The van der Waals surface area contributed by atoms with Crippen molar-refractivity contribution in [3.63, 3.8) is 0 Å². The van der Waals surface area contributed by atoms with E-state index >= 15 is 0 Å². The Hall–Kier alpha value is -2.80. The van der Waals surface area contributed by atoms with Gasteiger partial charge in [-0.2, -0.15) is 5.26 Å². The largest absolute Gasteiger partial charge is 0.377 e. The van der Waals surface area contributed by atoms with Crippen molar-refractivity contribution in [3.8, 4) is 6.07 Å². The Kier molecular flexibility index (Phi) is 3.96. The van der Waals surface area contributed by atoms with Crippen LogP contribution < -0.4 is 4.90 Å². The molecule has 0 radical (unpaired) electrons. The minimum atomic E-state index is -0.501. The van der Waals surface area contributed by atoms with Crippen LogP contribution in [-0.4, -0.2) is 31.4 Å². The van der Waals surface area contributed by atoms with Crippen molar-refractivity contribution in [3.05, 3.63) is 65.2 Å². The summed E-state index contributed by atoms with van der Waals surface area (Å²) in [7, 11) is 3.87. The first-order valence-electron chi connectivity index (χ1n) is 9.14. The van der Waals surface area contributed by atoms with Gasteiger partial charge in [-0.05, 0) is 24.5 Å². The molecule has 0 spiro atoms. The molecule has 1 heterocycles. The zero-order valence-corrected chi connectivity index (χ0v) is 15.3. The monoisotopic (exact) mass is 345 g/mol. The van der Waals surface area contributed by atoms with Gasteiger partial charge in [-0.15, -0.1) is 0 Å². The Labute approximate surface area is 154 Å². The maximum atomic E-state index is 13.3. The third kappa shape index (κ3) is 2.39. The second kappa shape index (κ2) is 6.17. The van der Waals surface area contributed by atoms with E-state index in [4.69, 9.17) is 0 Å². The van der Waals surface area contributed by atoms with Crippen LogP contribution in [0.1, 0.15) is 46.8 Å². The highest BCUT2D eigenvalue weighted by atomic mass is 16.2. The Morgan fingerprint density at radius 3 is 2.46 bits per heavy atom. The third-order valence-corrected chi connectivity index (χ3v) is 5.93. The number of hydrogen-bond donors (Lipinski definition) is 0. The minimum absolute atomic E-state index is 0.0157. The predicted octanol–water partition coefficient (Wildman–Crippen LogP) is 3.89. The topological polar surface area (TPSA) is 47.3 Å². The molecular weight excluding hydrogens is 322 g/mol. The average molecular weight is 345 g/mol. The lowest BCUT2D eigenvalue weighted by molar-refractivity contribution is 0.0645. The SMILES string of the molecule is CN(C)c1cccc2c1C(=O)N(CC1(c3ccccc3)CCC1)C2C#N. The first kappa shape index (κ1) is 16.7. The van der Waals surface area contributed by atoms with E-state index in [1.54, 1.807) is 4.90 Å². The molecular formula is C22H23N3O. The van der Waals surface area contributed by atoms with E-state index in [-0.39, 0.29) is 11.3 Å². The van der Waals surface area contributed by atoms with Crippen LogP contribution in [0.25, 0.3) is 0 Å². The number of benzene rings is 2. The Morgan fingerprint density at radius 1 is 1.15 bits per heavy atom. The molecule has 1 amide bonds. The van der Waals surface area contributed by atoms with Crippen LogP contribution >= 0.6 is 0 Å². The van der Waals surface area contributed by atoms with E-state index in [0.717, 1.165) is 24.1 Å². The molecule has 1 unspecified atom stereocenters. The molecule has 26 heavy (non-hydrogen) atoms. The summed E-state index contributed by atoms with van der Waals surface area (Å²) in [6.07, 6.45) is 3.30. The summed E-state index contributed by atoms with van der Waals surface area (Å²) in [6.45, 7) is 0.607. The molecule has 1 aliphatic heterocycles. The number of nitriles is 1. The molecule has 1 saturated carbocycles. The van der Waals surface area contributed by atoms with Crippen molar-refractivity contribution in [2.75, 3.05) is 25.5 Å². The Bertz CT molecular complexity index is 878. The molecule has 0 aromatic heterocycles. The summed E-state index contributed by atoms with van der Waals surface area (Å²) in [5.74, 6) is -0.0157. The summed E-state index contributed by atoms with van der Waals surface area (Å²) >= 11 is 0. The number of hydrogen-bond acceptors (Lipinski definition) is 3. The molecule has 0 N–H and O–H groups in total. The summed E-state index contributed by atoms with van der Waals surface area (Å²) in [5, 5.41) is 9.83. The number of rotatable bonds is 4. The fourth-order valence-corrected chi connectivity index (χ4v) is 4.38. The van der Waals surface area contributed by atoms with E-state index < -0.39 is 6.04 Å². The lowest BCUT2D eigenvalue weighted by atomic mass is 9.64. The number of anilines is 1. The second-order valence-corrected chi connectivity index (χ2v) is 7.60. The van der Waals surface area contributed by atoms with Crippen LogP contribution in [0.2, 0.25) is 0 Å². The quantitative estimate of drug-likeness (QED) is 0.844. The molecule has 2 aromatic carbocycles. The molecule has 1 fully saturated rings. The highest BCUT2D eigenvalue weighted by Crippen LogP contribution is 2.47. The van der Waals surface area contributed by atoms with Gasteiger partial charge in [-0.25, -0.2) is 0 Å². The summed E-state index contributed by atoms with van der Waals surface area (Å²) in [5.41, 5.74) is 3.67. The number of fused-ring (bicyclic) bond motifs is 1. The first-order valence-corrected chi connectivity index (χ1v) is 9.14. The van der Waals surface area contributed by atoms with Gasteiger partial charge in [0, 0.05) is 37.3 Å². The van der Waals surface area contributed by atoms with Crippen molar-refractivity contribution in [1.82, 2.24) is 4.90 Å². The van der Waals surface area contributed by atoms with Crippen LogP contribution in [0.4, 0.5) is 5.69 Å². The van der Waals surface area contributed by atoms with Gasteiger partial charge in [-0.3, -0.25) is 4.79 Å². The Morgan fingerprint density at radius 2 is 1.88 bits per heavy atom. The predicted molar refractivity (Wildman–Crippen MR) is 102 cm³/mol. The molecule has 4 rings (SSSR count). The fraction of sp³-hybridized carbons (Fsp3) is 0.364. The van der Waals surface area contributed by atoms with E-state index in [0.29, 0.717) is 12.1 Å². The second-order valence-electron chi connectivity index (χ2n) is 7.60. The van der Waals surface area contributed by atoms with Crippen molar-refractivity contribution >= 4 is 11.6 Å². The van der Waals surface area contributed by atoms with E-state index in [9.17, 15) is 10.1 Å². The zero-order valence-electron chi connectivity index (χ0n) is 15.3. The fourth-order valence-electron chi connectivity index (χ4n) is 4.38. The van der Waals surface area contributed by atoms with E-state index in [1.807, 2.05) is 43.3 Å². The number of nitrogens with zero attached hydrogens (tertiary/aromatic N) is 3. The maximum absolute atomic E-state index is 13.3. The number of carbonyl (C=O) groups is 1. The Balaban J connectivity index is 1.73. The first-order chi connectivity index (χ1) is 12.6. The van der Waals surface area contributed by atoms with Gasteiger partial charge < -0.3 is 9.80 Å². The van der Waals surface area contributed by atoms with Crippen molar-refractivity contribution in [2.45, 2.75) is 30.7 Å². The van der Waals surface area contributed by atoms with Gasteiger partial charge in [0.15, 0.2) is 0 Å². The normalized spacial score (nSPS) is 20.3. The number of amides is 1. The van der Waals surface area contributed by atoms with E-state index in [2.05, 4.69) is 30.3 Å². The highest BCUT2D eigenvalue weighted by molar-refractivity contribution is 6.04. The lowest BCUT2D eigenvalue weighted by Crippen LogP contribution is -2.46. The van der Waals surface area contributed by atoms with Crippen molar-refractivity contribution in [2.24, 2.45) is 0 Å². The van der Waals surface area contributed by atoms with Crippen molar-refractivity contribution < 1.29 is 4.79 Å². The van der Waals surface area contributed by atoms with Crippen LogP contribution in [0.3, 0.4) is 0 Å².